The zero-order chi connectivity index (χ0) is 12.3. The van der Waals surface area contributed by atoms with Gasteiger partial charge in [0.1, 0.15) is 11.5 Å². The largest absolute Gasteiger partial charge is 0.508 e. The lowest BCUT2D eigenvalue weighted by Gasteiger charge is -2.45. The molecule has 1 aliphatic rings. The average Bonchev–Trinajstić information content (AvgIpc) is 2.21. The Morgan fingerprint density at radius 3 is 2.71 bits per heavy atom. The van der Waals surface area contributed by atoms with Crippen LogP contribution in [0.1, 0.15) is 20.3 Å². The zero-order valence-corrected chi connectivity index (χ0v) is 10.5. The van der Waals surface area contributed by atoms with Crippen molar-refractivity contribution in [3.63, 3.8) is 0 Å². The molecule has 0 saturated carbocycles. The summed E-state index contributed by atoms with van der Waals surface area (Å²) in [4.78, 5) is 0. The van der Waals surface area contributed by atoms with Crippen LogP contribution in [-0.2, 0) is 4.74 Å². The van der Waals surface area contributed by atoms with Crippen molar-refractivity contribution >= 4 is 0 Å². The van der Waals surface area contributed by atoms with E-state index >= 15 is 0 Å². The number of hydrogen-bond donors (Lipinski definition) is 1. The fourth-order valence-corrected chi connectivity index (χ4v) is 2.08. The molecule has 1 fully saturated rings. The van der Waals surface area contributed by atoms with Crippen LogP contribution in [0.3, 0.4) is 0 Å². The quantitative estimate of drug-likeness (QED) is 0.854. The Labute approximate surface area is 102 Å². The first-order valence-electron chi connectivity index (χ1n) is 6.12. The van der Waals surface area contributed by atoms with E-state index in [0.717, 1.165) is 25.4 Å². The van der Waals surface area contributed by atoms with Crippen LogP contribution >= 0.6 is 0 Å². The Morgan fingerprint density at radius 2 is 2.18 bits per heavy atom. The minimum absolute atomic E-state index is 0.244. The van der Waals surface area contributed by atoms with E-state index < -0.39 is 0 Å². The minimum Gasteiger partial charge on any atom is -0.508 e. The molecule has 2 rings (SSSR count). The standard InChI is InChI=1S/C14H20O3/c1-11(2)14(9-16-10-14)6-7-17-13-5-3-4-12(15)8-13/h3-5,8,11,15H,6-7,9-10H2,1-2H3. The van der Waals surface area contributed by atoms with Crippen molar-refractivity contribution in [3.05, 3.63) is 24.3 Å². The Bertz CT molecular complexity index is 369. The highest BCUT2D eigenvalue weighted by atomic mass is 16.5. The van der Waals surface area contributed by atoms with Gasteiger partial charge in [-0.1, -0.05) is 19.9 Å². The third kappa shape index (κ3) is 2.72. The number of phenolic OH excluding ortho intramolecular Hbond substituents is 1. The van der Waals surface area contributed by atoms with E-state index in [1.165, 1.54) is 0 Å². The van der Waals surface area contributed by atoms with Gasteiger partial charge < -0.3 is 14.6 Å². The molecular formula is C14H20O3. The summed E-state index contributed by atoms with van der Waals surface area (Å²) in [5, 5.41) is 9.32. The maximum atomic E-state index is 9.32. The number of benzene rings is 1. The molecular weight excluding hydrogens is 216 g/mol. The number of ether oxygens (including phenoxy) is 2. The van der Waals surface area contributed by atoms with E-state index in [0.29, 0.717) is 12.5 Å². The van der Waals surface area contributed by atoms with Crippen molar-refractivity contribution in [2.45, 2.75) is 20.3 Å². The average molecular weight is 236 g/mol. The van der Waals surface area contributed by atoms with Crippen molar-refractivity contribution < 1.29 is 14.6 Å². The lowest BCUT2D eigenvalue weighted by Crippen LogP contribution is -2.47. The monoisotopic (exact) mass is 236 g/mol. The Kier molecular flexibility index (Phi) is 3.57. The summed E-state index contributed by atoms with van der Waals surface area (Å²) in [6.45, 7) is 6.82. The molecule has 0 spiro atoms. The van der Waals surface area contributed by atoms with Gasteiger partial charge in [0.15, 0.2) is 0 Å². The van der Waals surface area contributed by atoms with Crippen LogP contribution < -0.4 is 4.74 Å². The van der Waals surface area contributed by atoms with Gasteiger partial charge in [-0.25, -0.2) is 0 Å². The SMILES string of the molecule is CC(C)C1(CCOc2cccc(O)c2)COC1. The maximum Gasteiger partial charge on any atom is 0.122 e. The number of hydrogen-bond acceptors (Lipinski definition) is 3. The first-order chi connectivity index (χ1) is 8.12. The van der Waals surface area contributed by atoms with Crippen LogP contribution in [0.5, 0.6) is 11.5 Å². The van der Waals surface area contributed by atoms with Crippen molar-refractivity contribution in [2.24, 2.45) is 11.3 Å². The van der Waals surface area contributed by atoms with Crippen molar-refractivity contribution in [3.8, 4) is 11.5 Å². The minimum atomic E-state index is 0.244. The highest BCUT2D eigenvalue weighted by Gasteiger charge is 2.41. The van der Waals surface area contributed by atoms with Crippen LogP contribution in [0.15, 0.2) is 24.3 Å². The van der Waals surface area contributed by atoms with Crippen LogP contribution in [0, 0.1) is 11.3 Å². The van der Waals surface area contributed by atoms with Crippen LogP contribution in [0.25, 0.3) is 0 Å². The molecule has 17 heavy (non-hydrogen) atoms. The van der Waals surface area contributed by atoms with Gasteiger partial charge in [0, 0.05) is 11.5 Å². The van der Waals surface area contributed by atoms with E-state index in [2.05, 4.69) is 13.8 Å². The molecule has 94 valence electrons. The molecule has 1 aliphatic heterocycles. The number of phenols is 1. The summed E-state index contributed by atoms with van der Waals surface area (Å²) in [5.74, 6) is 1.58. The molecule has 1 saturated heterocycles. The molecule has 1 N–H and O–H groups in total. The Balaban J connectivity index is 1.83. The number of aromatic hydroxyl groups is 1. The molecule has 0 unspecified atom stereocenters. The van der Waals surface area contributed by atoms with Gasteiger partial charge in [-0.2, -0.15) is 0 Å². The van der Waals surface area contributed by atoms with Crippen molar-refractivity contribution in [2.75, 3.05) is 19.8 Å². The summed E-state index contributed by atoms with van der Waals surface area (Å²) in [5.41, 5.74) is 0.289. The lowest BCUT2D eigenvalue weighted by molar-refractivity contribution is -0.146. The fourth-order valence-electron chi connectivity index (χ4n) is 2.08. The third-order valence-electron chi connectivity index (χ3n) is 3.69. The normalized spacial score (nSPS) is 17.8. The van der Waals surface area contributed by atoms with Crippen molar-refractivity contribution in [1.82, 2.24) is 0 Å². The highest BCUT2D eigenvalue weighted by molar-refractivity contribution is 5.31. The molecule has 1 aromatic rings. The number of rotatable bonds is 5. The second kappa shape index (κ2) is 4.96. The summed E-state index contributed by atoms with van der Waals surface area (Å²) in [7, 11) is 0. The first-order valence-corrected chi connectivity index (χ1v) is 6.12. The van der Waals surface area contributed by atoms with Gasteiger partial charge in [-0.3, -0.25) is 0 Å². The van der Waals surface area contributed by atoms with Gasteiger partial charge >= 0.3 is 0 Å². The van der Waals surface area contributed by atoms with Crippen LogP contribution in [-0.4, -0.2) is 24.9 Å². The van der Waals surface area contributed by atoms with E-state index in [9.17, 15) is 5.11 Å². The summed E-state index contributed by atoms with van der Waals surface area (Å²) < 4.78 is 11.0. The van der Waals surface area contributed by atoms with Gasteiger partial charge in [0.05, 0.1) is 19.8 Å². The molecule has 3 heteroatoms. The van der Waals surface area contributed by atoms with E-state index in [-0.39, 0.29) is 11.2 Å². The second-order valence-corrected chi connectivity index (χ2v) is 5.11. The summed E-state index contributed by atoms with van der Waals surface area (Å²) in [6.07, 6.45) is 1.00. The smallest absolute Gasteiger partial charge is 0.122 e. The van der Waals surface area contributed by atoms with Gasteiger partial charge in [-0.15, -0.1) is 0 Å². The van der Waals surface area contributed by atoms with E-state index in [1.807, 2.05) is 6.07 Å². The molecule has 0 amide bonds. The van der Waals surface area contributed by atoms with Crippen molar-refractivity contribution in [1.29, 1.82) is 0 Å². The van der Waals surface area contributed by atoms with Gasteiger partial charge in [0.2, 0.25) is 0 Å². The zero-order valence-electron chi connectivity index (χ0n) is 10.5. The van der Waals surface area contributed by atoms with Crippen LogP contribution in [0.4, 0.5) is 0 Å². The Hall–Kier alpha value is -1.22. The van der Waals surface area contributed by atoms with Gasteiger partial charge in [-0.05, 0) is 24.5 Å². The van der Waals surface area contributed by atoms with Crippen LogP contribution in [0.2, 0.25) is 0 Å². The molecule has 1 aromatic carbocycles. The Morgan fingerprint density at radius 1 is 1.41 bits per heavy atom. The van der Waals surface area contributed by atoms with Gasteiger partial charge in [0.25, 0.3) is 0 Å². The highest BCUT2D eigenvalue weighted by Crippen LogP contribution is 2.39. The third-order valence-corrected chi connectivity index (χ3v) is 3.69. The first kappa shape index (κ1) is 12.2. The molecule has 0 radical (unpaired) electrons. The van der Waals surface area contributed by atoms with E-state index in [1.54, 1.807) is 18.2 Å². The molecule has 3 nitrogen and oxygen atoms in total. The molecule has 0 aromatic heterocycles. The predicted molar refractivity (Wildman–Crippen MR) is 66.3 cm³/mol. The summed E-state index contributed by atoms with van der Waals surface area (Å²) in [6, 6.07) is 6.93. The molecule has 1 heterocycles. The predicted octanol–water partition coefficient (Wildman–Crippen LogP) is 2.83. The topological polar surface area (TPSA) is 38.7 Å². The molecule has 0 bridgehead atoms. The van der Waals surface area contributed by atoms with E-state index in [4.69, 9.17) is 9.47 Å². The second-order valence-electron chi connectivity index (χ2n) is 5.11. The molecule has 0 atom stereocenters. The molecule has 0 aliphatic carbocycles. The lowest BCUT2D eigenvalue weighted by atomic mass is 9.73. The summed E-state index contributed by atoms with van der Waals surface area (Å²) >= 11 is 0. The fraction of sp³-hybridized carbons (Fsp3) is 0.571. The maximum absolute atomic E-state index is 9.32.